The monoisotopic (exact) mass is 377 g/mol. The molecule has 0 aliphatic carbocycles. The zero-order chi connectivity index (χ0) is 18.4. The first-order chi connectivity index (χ1) is 13.2. The van der Waals surface area contributed by atoms with Gasteiger partial charge in [0.15, 0.2) is 0 Å². The lowest BCUT2D eigenvalue weighted by molar-refractivity contribution is -0.380. The summed E-state index contributed by atoms with van der Waals surface area (Å²) in [5.41, 5.74) is 3.17. The van der Waals surface area contributed by atoms with Gasteiger partial charge in [0, 0.05) is 18.1 Å². The van der Waals surface area contributed by atoms with E-state index in [2.05, 4.69) is 18.2 Å². The smallest absolute Gasteiger partial charge is 0.324 e. The van der Waals surface area contributed by atoms with E-state index in [1.807, 2.05) is 41.4 Å². The Balaban J connectivity index is 1.59. The topological polar surface area (TPSA) is 68.0 Å². The van der Waals surface area contributed by atoms with E-state index < -0.39 is 6.23 Å². The number of hydrogen-bond donors (Lipinski definition) is 0. The molecule has 134 valence electrons. The number of hydrogen-bond acceptors (Lipinski definition) is 6. The van der Waals surface area contributed by atoms with Crippen LogP contribution in [0.1, 0.15) is 34.7 Å². The molecular formula is C20H15N3O3S. The van der Waals surface area contributed by atoms with Gasteiger partial charge in [-0.3, -0.25) is 10.1 Å². The number of fused-ring (bicyclic) bond motifs is 3. The minimum absolute atomic E-state index is 0.0521. The highest BCUT2D eigenvalue weighted by Crippen LogP contribution is 2.48. The second-order valence-corrected chi connectivity index (χ2v) is 7.55. The highest BCUT2D eigenvalue weighted by Gasteiger charge is 2.41. The van der Waals surface area contributed by atoms with E-state index in [9.17, 15) is 10.1 Å². The molecular weight excluding hydrogens is 362 g/mol. The summed E-state index contributed by atoms with van der Waals surface area (Å²) in [7, 11) is 0. The van der Waals surface area contributed by atoms with Gasteiger partial charge < -0.3 is 4.74 Å². The first kappa shape index (κ1) is 16.0. The molecule has 2 aliphatic heterocycles. The number of benzene rings is 2. The second-order valence-electron chi connectivity index (χ2n) is 6.45. The lowest BCUT2D eigenvalue weighted by Crippen LogP contribution is -2.33. The van der Waals surface area contributed by atoms with Gasteiger partial charge >= 0.3 is 5.00 Å². The molecule has 0 spiro atoms. The van der Waals surface area contributed by atoms with Crippen molar-refractivity contribution < 1.29 is 9.66 Å². The maximum absolute atomic E-state index is 11.1. The van der Waals surface area contributed by atoms with Crippen LogP contribution in [0.15, 0.2) is 71.8 Å². The van der Waals surface area contributed by atoms with Crippen molar-refractivity contribution in [2.45, 2.75) is 18.7 Å². The van der Waals surface area contributed by atoms with Crippen LogP contribution in [0.3, 0.4) is 0 Å². The fraction of sp³-hybridized carbons (Fsp3) is 0.150. The molecule has 0 N–H and O–H groups in total. The van der Waals surface area contributed by atoms with E-state index in [0.717, 1.165) is 45.2 Å². The molecule has 5 rings (SSSR count). The fourth-order valence-corrected chi connectivity index (χ4v) is 4.45. The van der Waals surface area contributed by atoms with Gasteiger partial charge in [-0.1, -0.05) is 59.9 Å². The van der Waals surface area contributed by atoms with Crippen molar-refractivity contribution >= 4 is 22.0 Å². The summed E-state index contributed by atoms with van der Waals surface area (Å²) in [5, 5.41) is 18.0. The Kier molecular flexibility index (Phi) is 3.68. The maximum Gasteiger partial charge on any atom is 0.324 e. The third-order valence-corrected chi connectivity index (χ3v) is 5.91. The van der Waals surface area contributed by atoms with Crippen LogP contribution in [-0.4, -0.2) is 15.6 Å². The molecule has 2 atom stereocenters. The van der Waals surface area contributed by atoms with Crippen molar-refractivity contribution in [2.24, 2.45) is 5.10 Å². The molecule has 3 aromatic rings. The summed E-state index contributed by atoms with van der Waals surface area (Å²) >= 11 is 1.13. The Bertz CT molecular complexity index is 1050. The van der Waals surface area contributed by atoms with Gasteiger partial charge in [-0.25, -0.2) is 5.01 Å². The summed E-state index contributed by atoms with van der Waals surface area (Å²) in [5.74, 6) is 0.810. The third-order valence-electron chi connectivity index (χ3n) is 4.84. The van der Waals surface area contributed by atoms with Crippen molar-refractivity contribution in [3.8, 4) is 5.75 Å². The predicted molar refractivity (Wildman–Crippen MR) is 103 cm³/mol. The molecule has 1 aromatic heterocycles. The molecule has 0 bridgehead atoms. The van der Waals surface area contributed by atoms with Crippen LogP contribution in [0.5, 0.6) is 5.75 Å². The van der Waals surface area contributed by atoms with Crippen LogP contribution < -0.4 is 4.74 Å². The molecule has 6 nitrogen and oxygen atoms in total. The molecule has 0 fully saturated rings. The summed E-state index contributed by atoms with van der Waals surface area (Å²) < 4.78 is 6.22. The van der Waals surface area contributed by atoms with E-state index in [0.29, 0.717) is 0 Å². The Labute approximate surface area is 159 Å². The Hall–Kier alpha value is -3.19. The van der Waals surface area contributed by atoms with Crippen LogP contribution in [-0.2, 0) is 0 Å². The second kappa shape index (κ2) is 6.21. The van der Waals surface area contributed by atoms with E-state index in [4.69, 9.17) is 9.84 Å². The first-order valence-corrected chi connectivity index (χ1v) is 9.43. The number of thiophene rings is 1. The van der Waals surface area contributed by atoms with Gasteiger partial charge in [-0.05, 0) is 17.7 Å². The zero-order valence-electron chi connectivity index (χ0n) is 14.2. The summed E-state index contributed by atoms with van der Waals surface area (Å²) in [6, 6.07) is 21.4. The number of nitro groups is 1. The fourth-order valence-electron chi connectivity index (χ4n) is 3.60. The average Bonchev–Trinajstić information content (AvgIpc) is 3.36. The molecule has 3 heterocycles. The average molecular weight is 377 g/mol. The Morgan fingerprint density at radius 2 is 1.85 bits per heavy atom. The highest BCUT2D eigenvalue weighted by atomic mass is 32.1. The lowest BCUT2D eigenvalue weighted by atomic mass is 9.96. The number of rotatable bonds is 3. The summed E-state index contributed by atoms with van der Waals surface area (Å²) in [6.45, 7) is 0. The van der Waals surface area contributed by atoms with Crippen molar-refractivity contribution in [3.05, 3.63) is 92.8 Å². The largest absolute Gasteiger partial charge is 0.464 e. The van der Waals surface area contributed by atoms with Crippen LogP contribution in [0, 0.1) is 10.1 Å². The van der Waals surface area contributed by atoms with Crippen LogP contribution in [0.2, 0.25) is 0 Å². The van der Waals surface area contributed by atoms with Gasteiger partial charge in [-0.15, -0.1) is 0 Å². The van der Waals surface area contributed by atoms with Gasteiger partial charge in [0.2, 0.25) is 6.23 Å². The van der Waals surface area contributed by atoms with Crippen LogP contribution in [0.4, 0.5) is 5.00 Å². The van der Waals surface area contributed by atoms with Crippen molar-refractivity contribution in [1.82, 2.24) is 5.01 Å². The normalized spacial score (nSPS) is 20.4. The van der Waals surface area contributed by atoms with Gasteiger partial charge in [-0.2, -0.15) is 5.10 Å². The SMILES string of the molecule is O=[N+]([O-])c1ccc([C@H]2Oc3ccccc3[C@@H]3CC(c4ccccc4)=NN23)s1. The molecule has 7 heteroatoms. The van der Waals surface area contributed by atoms with Gasteiger partial charge in [0.1, 0.15) is 5.75 Å². The maximum atomic E-state index is 11.1. The minimum Gasteiger partial charge on any atom is -0.464 e. The Morgan fingerprint density at radius 1 is 1.07 bits per heavy atom. The molecule has 0 saturated heterocycles. The highest BCUT2D eigenvalue weighted by molar-refractivity contribution is 7.15. The van der Waals surface area contributed by atoms with Crippen molar-refractivity contribution in [1.29, 1.82) is 0 Å². The van der Waals surface area contributed by atoms with Gasteiger partial charge in [0.05, 0.1) is 21.6 Å². The van der Waals surface area contributed by atoms with E-state index in [1.165, 1.54) is 6.07 Å². The third kappa shape index (κ3) is 2.67. The molecule has 0 radical (unpaired) electrons. The molecule has 2 aliphatic rings. The standard InChI is InChI=1S/C20H15N3O3S/c24-23(25)19-11-10-18(27-19)20-22-16(14-8-4-5-9-17(14)26-20)12-15(21-22)13-6-2-1-3-7-13/h1-11,16,20H,12H2/t16-,20+/m0/s1. The summed E-state index contributed by atoms with van der Waals surface area (Å²) in [6.07, 6.45) is 0.304. The van der Waals surface area contributed by atoms with Crippen molar-refractivity contribution in [3.63, 3.8) is 0 Å². The minimum atomic E-state index is -0.468. The number of ether oxygens (including phenoxy) is 1. The summed E-state index contributed by atoms with van der Waals surface area (Å²) in [4.78, 5) is 11.5. The lowest BCUT2D eigenvalue weighted by Gasteiger charge is -2.37. The number of hydrazone groups is 1. The Morgan fingerprint density at radius 3 is 2.63 bits per heavy atom. The molecule has 0 amide bonds. The van der Waals surface area contributed by atoms with Crippen molar-refractivity contribution in [2.75, 3.05) is 0 Å². The number of nitrogens with zero attached hydrogens (tertiary/aromatic N) is 3. The molecule has 0 unspecified atom stereocenters. The zero-order valence-corrected chi connectivity index (χ0v) is 15.0. The van der Waals surface area contributed by atoms with E-state index in [-0.39, 0.29) is 16.0 Å². The van der Waals surface area contributed by atoms with Crippen LogP contribution >= 0.6 is 11.3 Å². The van der Waals surface area contributed by atoms with Crippen LogP contribution in [0.25, 0.3) is 0 Å². The molecule has 27 heavy (non-hydrogen) atoms. The van der Waals surface area contributed by atoms with E-state index in [1.54, 1.807) is 6.07 Å². The molecule has 0 saturated carbocycles. The predicted octanol–water partition coefficient (Wildman–Crippen LogP) is 4.90. The van der Waals surface area contributed by atoms with Gasteiger partial charge in [0.25, 0.3) is 0 Å². The van der Waals surface area contributed by atoms with E-state index >= 15 is 0 Å². The molecule has 2 aromatic carbocycles. The quantitative estimate of drug-likeness (QED) is 0.481. The number of para-hydroxylation sites is 1. The first-order valence-electron chi connectivity index (χ1n) is 8.61.